The monoisotopic (exact) mass is 517 g/mol. The minimum atomic E-state index is -1.92. The van der Waals surface area contributed by atoms with Crippen molar-refractivity contribution in [2.75, 3.05) is 32.3 Å². The predicted octanol–water partition coefficient (Wildman–Crippen LogP) is 6.26. The Balaban J connectivity index is 1.74. The molecule has 37 heavy (non-hydrogen) atoms. The van der Waals surface area contributed by atoms with Crippen LogP contribution < -0.4 is 14.4 Å². The Morgan fingerprint density at radius 2 is 1.57 bits per heavy atom. The van der Waals surface area contributed by atoms with E-state index < -0.39 is 8.32 Å². The molecule has 3 aromatic heterocycles. The lowest BCUT2D eigenvalue weighted by Crippen LogP contribution is -2.42. The number of ether oxygens (including phenoxy) is 2. The van der Waals surface area contributed by atoms with E-state index in [-0.39, 0.29) is 5.04 Å². The van der Waals surface area contributed by atoms with E-state index in [1.807, 2.05) is 42.5 Å². The van der Waals surface area contributed by atoms with Crippen molar-refractivity contribution in [1.29, 1.82) is 0 Å². The van der Waals surface area contributed by atoms with E-state index in [9.17, 15) is 0 Å². The van der Waals surface area contributed by atoms with Crippen molar-refractivity contribution in [3.63, 3.8) is 0 Å². The molecule has 0 atom stereocenters. The summed E-state index contributed by atoms with van der Waals surface area (Å²) in [7, 11) is 1.37. The Bertz CT molecular complexity index is 1340. The number of aromatic nitrogens is 4. The van der Waals surface area contributed by atoms with Crippen LogP contribution in [0.1, 0.15) is 20.8 Å². The molecule has 1 aromatic carbocycles. The molecule has 0 saturated heterocycles. The quantitative estimate of drug-likeness (QED) is 0.241. The normalized spacial score (nSPS) is 12.0. The maximum absolute atomic E-state index is 6.52. The van der Waals surface area contributed by atoms with Crippen molar-refractivity contribution >= 4 is 31.0 Å². The van der Waals surface area contributed by atoms with Crippen LogP contribution in [0.4, 0.5) is 11.5 Å². The van der Waals surface area contributed by atoms with Crippen LogP contribution in [0.5, 0.6) is 11.5 Å². The van der Waals surface area contributed by atoms with Crippen LogP contribution in [0.2, 0.25) is 18.1 Å². The highest BCUT2D eigenvalue weighted by Gasteiger charge is 2.25. The first-order chi connectivity index (χ1) is 17.6. The molecule has 0 unspecified atom stereocenters. The molecular formula is C28H35N5O3Si-. The zero-order valence-corrected chi connectivity index (χ0v) is 23.6. The average molecular weight is 518 g/mol. The molecule has 4 rings (SSSR count). The van der Waals surface area contributed by atoms with Gasteiger partial charge in [-0.15, -0.1) is 18.1 Å². The lowest BCUT2D eigenvalue weighted by Gasteiger charge is -2.48. The van der Waals surface area contributed by atoms with Crippen LogP contribution >= 0.6 is 0 Å². The van der Waals surface area contributed by atoms with Crippen LogP contribution in [-0.2, 0) is 4.43 Å². The average Bonchev–Trinajstić information content (AvgIpc) is 2.90. The van der Waals surface area contributed by atoms with Gasteiger partial charge in [-0.2, -0.15) is 0 Å². The molecule has 0 fully saturated rings. The molecule has 195 valence electrons. The minimum absolute atomic E-state index is 0.122. The van der Waals surface area contributed by atoms with Gasteiger partial charge in [0.15, 0.2) is 5.65 Å². The van der Waals surface area contributed by atoms with Crippen molar-refractivity contribution < 1.29 is 13.9 Å². The van der Waals surface area contributed by atoms with Crippen LogP contribution in [0, 0.1) is 0 Å². The van der Waals surface area contributed by atoms with Gasteiger partial charge in [0.05, 0.1) is 26.1 Å². The van der Waals surface area contributed by atoms with E-state index in [4.69, 9.17) is 23.9 Å². The first kappa shape index (κ1) is 26.5. The van der Waals surface area contributed by atoms with Crippen LogP contribution in [0.15, 0.2) is 61.1 Å². The molecule has 0 bridgehead atoms. The predicted molar refractivity (Wildman–Crippen MR) is 150 cm³/mol. The highest BCUT2D eigenvalue weighted by atomic mass is 28.4. The first-order valence-corrected chi connectivity index (χ1v) is 15.2. The topological polar surface area (TPSA) is 82.5 Å². The summed E-state index contributed by atoms with van der Waals surface area (Å²) in [5, 5.41) is 0.122. The number of hydrogen-bond acceptors (Lipinski definition) is 8. The summed E-state index contributed by atoms with van der Waals surface area (Å²) < 4.78 is 17.6. The number of methoxy groups -OCH3 is 2. The Labute approximate surface area is 219 Å². The van der Waals surface area contributed by atoms with E-state index in [1.165, 1.54) is 0 Å². The van der Waals surface area contributed by atoms with E-state index >= 15 is 0 Å². The molecular weight excluding hydrogens is 482 g/mol. The number of anilines is 2. The molecule has 3 heterocycles. The van der Waals surface area contributed by atoms with E-state index in [1.54, 1.807) is 32.8 Å². The molecule has 4 aromatic rings. The Morgan fingerprint density at radius 3 is 2.19 bits per heavy atom. The van der Waals surface area contributed by atoms with Gasteiger partial charge in [0.2, 0.25) is 0 Å². The molecule has 0 spiro atoms. The summed E-state index contributed by atoms with van der Waals surface area (Å²) in [5.41, 5.74) is 3.86. The van der Waals surface area contributed by atoms with E-state index in [0.29, 0.717) is 30.3 Å². The highest BCUT2D eigenvalue weighted by Crippen LogP contribution is 2.37. The van der Waals surface area contributed by atoms with E-state index in [2.05, 4.69) is 48.7 Å². The number of rotatable bonds is 9. The Morgan fingerprint density at radius 1 is 0.892 bits per heavy atom. The summed E-state index contributed by atoms with van der Waals surface area (Å²) in [6, 6.07) is 13.5. The van der Waals surface area contributed by atoms with Gasteiger partial charge in [-0.05, 0) is 32.6 Å². The molecule has 8 nitrogen and oxygen atoms in total. The van der Waals surface area contributed by atoms with Gasteiger partial charge in [-0.1, -0.05) is 20.8 Å². The standard InChI is InChI=1S/C28H35N5O3Si/c1-28(2,3)37(6,7)36-15-14-33(21-16-22(34-4)18-23(17-21)35-5)26-9-8-24-27(32-26)31-25(19-30-24)20-10-12-29-13-11-20/h8-13,16-19H,14-15H2,1-7H3/q-1. The second-order valence-electron chi connectivity index (χ2n) is 10.3. The lowest BCUT2D eigenvalue weighted by molar-refractivity contribution is 0.297. The summed E-state index contributed by atoms with van der Waals surface area (Å²) in [6.45, 7) is 12.4. The fourth-order valence-electron chi connectivity index (χ4n) is 3.63. The van der Waals surface area contributed by atoms with Gasteiger partial charge in [0.1, 0.15) is 22.8 Å². The number of benzene rings is 1. The van der Waals surface area contributed by atoms with Crippen molar-refractivity contribution in [1.82, 2.24) is 19.9 Å². The second kappa shape index (κ2) is 10.8. The third-order valence-electron chi connectivity index (χ3n) is 6.88. The highest BCUT2D eigenvalue weighted by molar-refractivity contribution is 6.74. The maximum atomic E-state index is 6.52. The fraction of sp³-hybridized carbons (Fsp3) is 0.357. The fourth-order valence-corrected chi connectivity index (χ4v) is 4.67. The number of pyridine rings is 2. The Kier molecular flexibility index (Phi) is 7.75. The summed E-state index contributed by atoms with van der Waals surface area (Å²) in [4.78, 5) is 20.5. The van der Waals surface area contributed by atoms with Gasteiger partial charge >= 0.3 is 0 Å². The zero-order chi connectivity index (χ0) is 26.6. The molecule has 0 radical (unpaired) electrons. The third-order valence-corrected chi connectivity index (χ3v) is 11.4. The third kappa shape index (κ3) is 6.06. The molecule has 0 amide bonds. The second-order valence-corrected chi connectivity index (χ2v) is 15.1. The largest absolute Gasteiger partial charge is 0.563 e. The molecule has 0 aliphatic heterocycles. The molecule has 0 saturated carbocycles. The van der Waals surface area contributed by atoms with Crippen molar-refractivity contribution in [3.8, 4) is 22.8 Å². The van der Waals surface area contributed by atoms with Crippen LogP contribution in [0.25, 0.3) is 22.4 Å². The molecule has 9 heteroatoms. The van der Waals surface area contributed by atoms with Gasteiger partial charge < -0.3 is 18.8 Å². The first-order valence-electron chi connectivity index (χ1n) is 12.3. The van der Waals surface area contributed by atoms with Gasteiger partial charge in [0.25, 0.3) is 0 Å². The van der Waals surface area contributed by atoms with Crippen molar-refractivity contribution in [2.24, 2.45) is 0 Å². The van der Waals surface area contributed by atoms with Gasteiger partial charge in [-0.25, -0.2) is 9.97 Å². The van der Waals surface area contributed by atoms with Crippen molar-refractivity contribution in [2.45, 2.75) is 38.9 Å². The minimum Gasteiger partial charge on any atom is -0.563 e. The lowest BCUT2D eigenvalue weighted by atomic mass is 10.2. The number of nitrogens with zero attached hydrogens (tertiary/aromatic N) is 5. The SMILES string of the molecule is COc1cc(OC)cc(N(CCO[Si-](C)(C)C(C)(C)C)c2ccc3ncc(-c4ccncc4)nc3n2)c1. The van der Waals surface area contributed by atoms with Crippen molar-refractivity contribution in [3.05, 3.63) is 61.1 Å². The Hall–Kier alpha value is -3.56. The number of hydrogen-bond donors (Lipinski definition) is 0. The van der Waals surface area contributed by atoms with E-state index in [0.717, 1.165) is 28.3 Å². The summed E-state index contributed by atoms with van der Waals surface area (Å²) >= 11 is 0. The van der Waals surface area contributed by atoms with Gasteiger partial charge in [-0.3, -0.25) is 9.97 Å². The smallest absolute Gasteiger partial charge is 0.180 e. The molecule has 0 aliphatic carbocycles. The maximum Gasteiger partial charge on any atom is 0.180 e. The summed E-state index contributed by atoms with van der Waals surface area (Å²) in [6.07, 6.45) is 5.24. The van der Waals surface area contributed by atoms with Crippen LogP contribution in [0.3, 0.4) is 0 Å². The molecule has 0 aliphatic rings. The van der Waals surface area contributed by atoms with Crippen LogP contribution in [-0.4, -0.2) is 55.6 Å². The van der Waals surface area contributed by atoms with Gasteiger partial charge in [0, 0.05) is 55.0 Å². The number of fused-ring (bicyclic) bond motifs is 1. The summed E-state index contributed by atoms with van der Waals surface area (Å²) in [5.74, 6) is 2.14. The molecule has 0 N–H and O–H groups in total. The zero-order valence-electron chi connectivity index (χ0n) is 22.6.